The van der Waals surface area contributed by atoms with Crippen molar-refractivity contribution in [2.75, 3.05) is 11.5 Å². The van der Waals surface area contributed by atoms with E-state index < -0.39 is 6.10 Å². The molecule has 4 aromatic rings. The number of aromatic nitrogens is 1. The molecule has 1 atom stereocenters. The number of anilines is 2. The molecule has 1 amide bonds. The van der Waals surface area contributed by atoms with Crippen LogP contribution >= 0.6 is 11.3 Å². The molecule has 5 rings (SSSR count). The second kappa shape index (κ2) is 7.46. The zero-order valence-corrected chi connectivity index (χ0v) is 17.5. The van der Waals surface area contributed by atoms with Crippen molar-refractivity contribution in [3.63, 3.8) is 0 Å². The van der Waals surface area contributed by atoms with Gasteiger partial charge in [0.2, 0.25) is 6.10 Å². The molecule has 2 heterocycles. The summed E-state index contributed by atoms with van der Waals surface area (Å²) in [6.07, 6.45) is -0.756. The van der Waals surface area contributed by atoms with Gasteiger partial charge in [0.1, 0.15) is 6.61 Å². The van der Waals surface area contributed by atoms with Crippen molar-refractivity contribution in [3.05, 3.63) is 77.9 Å². The normalized spacial score (nSPS) is 15.2. The van der Waals surface area contributed by atoms with Gasteiger partial charge in [0.05, 0.1) is 15.9 Å². The monoisotopic (exact) mass is 416 g/mol. The Labute approximate surface area is 178 Å². The average molecular weight is 417 g/mol. The van der Waals surface area contributed by atoms with Gasteiger partial charge in [-0.25, -0.2) is 4.98 Å². The minimum atomic E-state index is -0.756. The number of amides is 1. The van der Waals surface area contributed by atoms with Gasteiger partial charge in [-0.05, 0) is 61.4 Å². The Morgan fingerprint density at radius 2 is 1.77 bits per heavy atom. The molecule has 30 heavy (non-hydrogen) atoms. The highest BCUT2D eigenvalue weighted by atomic mass is 32.1. The number of carbonyl (C=O) groups is 1. The summed E-state index contributed by atoms with van der Waals surface area (Å²) in [6, 6.07) is 21.3. The first kappa shape index (κ1) is 18.6. The molecular weight excluding hydrogens is 396 g/mol. The molecule has 1 aliphatic rings. The van der Waals surface area contributed by atoms with E-state index in [1.807, 2.05) is 73.7 Å². The molecule has 6 heteroatoms. The molecule has 1 aliphatic heterocycles. The van der Waals surface area contributed by atoms with Crippen molar-refractivity contribution in [3.8, 4) is 11.5 Å². The van der Waals surface area contributed by atoms with Gasteiger partial charge in [0.15, 0.2) is 16.6 Å². The maximum Gasteiger partial charge on any atom is 0.278 e. The van der Waals surface area contributed by atoms with Crippen LogP contribution < -0.4 is 14.4 Å². The number of hydrogen-bond acceptors (Lipinski definition) is 5. The van der Waals surface area contributed by atoms with Crippen LogP contribution in [0.4, 0.5) is 10.8 Å². The molecule has 0 fully saturated rings. The molecule has 0 saturated heterocycles. The van der Waals surface area contributed by atoms with Gasteiger partial charge in [-0.1, -0.05) is 41.7 Å². The Morgan fingerprint density at radius 3 is 2.57 bits per heavy atom. The number of hydrogen-bond donors (Lipinski definition) is 0. The average Bonchev–Trinajstić information content (AvgIpc) is 3.19. The number of para-hydroxylation sites is 3. The quantitative estimate of drug-likeness (QED) is 0.448. The van der Waals surface area contributed by atoms with Crippen LogP contribution in [0.25, 0.3) is 10.2 Å². The van der Waals surface area contributed by atoms with Crippen LogP contribution in [0.5, 0.6) is 11.5 Å². The van der Waals surface area contributed by atoms with Gasteiger partial charge in [-0.2, -0.15) is 0 Å². The fourth-order valence-electron chi connectivity index (χ4n) is 3.44. The minimum Gasteiger partial charge on any atom is -0.485 e. The van der Waals surface area contributed by atoms with E-state index in [0.29, 0.717) is 16.6 Å². The lowest BCUT2D eigenvalue weighted by molar-refractivity contribution is -0.126. The highest BCUT2D eigenvalue weighted by Gasteiger charge is 2.34. The summed E-state index contributed by atoms with van der Waals surface area (Å²) in [7, 11) is 0. The topological polar surface area (TPSA) is 51.7 Å². The number of nitrogens with zero attached hydrogens (tertiary/aromatic N) is 2. The van der Waals surface area contributed by atoms with Gasteiger partial charge >= 0.3 is 0 Å². The van der Waals surface area contributed by atoms with E-state index in [4.69, 9.17) is 14.5 Å². The number of aryl methyl sites for hydroxylation is 2. The molecule has 1 aromatic heterocycles. The van der Waals surface area contributed by atoms with Gasteiger partial charge in [0, 0.05) is 0 Å². The molecule has 0 aliphatic carbocycles. The molecule has 0 radical (unpaired) electrons. The largest absolute Gasteiger partial charge is 0.485 e. The van der Waals surface area contributed by atoms with Crippen LogP contribution in [0, 0.1) is 13.8 Å². The third kappa shape index (κ3) is 3.29. The predicted octanol–water partition coefficient (Wildman–Crippen LogP) is 5.42. The summed E-state index contributed by atoms with van der Waals surface area (Å²) in [5, 5.41) is 0.618. The molecule has 5 nitrogen and oxygen atoms in total. The number of thiazole rings is 1. The van der Waals surface area contributed by atoms with E-state index in [9.17, 15) is 4.79 Å². The second-order valence-electron chi connectivity index (χ2n) is 7.27. The first-order valence-electron chi connectivity index (χ1n) is 9.75. The van der Waals surface area contributed by atoms with Crippen LogP contribution in [-0.2, 0) is 4.79 Å². The van der Waals surface area contributed by atoms with Crippen molar-refractivity contribution >= 4 is 38.3 Å². The number of carbonyl (C=O) groups excluding carboxylic acids is 1. The zero-order chi connectivity index (χ0) is 20.7. The van der Waals surface area contributed by atoms with E-state index in [1.54, 1.807) is 4.90 Å². The van der Waals surface area contributed by atoms with Crippen molar-refractivity contribution < 1.29 is 14.3 Å². The van der Waals surface area contributed by atoms with Crippen LogP contribution in [-0.4, -0.2) is 23.6 Å². The molecule has 0 saturated carbocycles. The lowest BCUT2D eigenvalue weighted by Gasteiger charge is -2.29. The highest BCUT2D eigenvalue weighted by molar-refractivity contribution is 7.22. The molecule has 0 unspecified atom stereocenters. The fraction of sp³-hybridized carbons (Fsp3) is 0.167. The predicted molar refractivity (Wildman–Crippen MR) is 119 cm³/mol. The van der Waals surface area contributed by atoms with Crippen molar-refractivity contribution in [2.24, 2.45) is 0 Å². The summed E-state index contributed by atoms with van der Waals surface area (Å²) < 4.78 is 12.8. The van der Waals surface area contributed by atoms with Crippen LogP contribution in [0.15, 0.2) is 66.7 Å². The second-order valence-corrected chi connectivity index (χ2v) is 8.28. The number of fused-ring (bicyclic) bond motifs is 2. The Morgan fingerprint density at radius 1 is 1.00 bits per heavy atom. The molecule has 0 N–H and O–H groups in total. The van der Waals surface area contributed by atoms with E-state index in [1.165, 1.54) is 16.9 Å². The summed E-state index contributed by atoms with van der Waals surface area (Å²) in [5.41, 5.74) is 3.91. The van der Waals surface area contributed by atoms with Gasteiger partial charge in [-0.3, -0.25) is 9.69 Å². The van der Waals surface area contributed by atoms with Gasteiger partial charge in [0.25, 0.3) is 5.91 Å². The maximum atomic E-state index is 13.7. The summed E-state index contributed by atoms with van der Waals surface area (Å²) in [6.45, 7) is 4.25. The van der Waals surface area contributed by atoms with Gasteiger partial charge in [-0.15, -0.1) is 0 Å². The SMILES string of the molecule is Cc1ccc(N(C(=O)[C@H]2COc3ccccc3O2)c2nc3ccccc3s2)cc1C. The van der Waals surface area contributed by atoms with Gasteiger partial charge < -0.3 is 9.47 Å². The lowest BCUT2D eigenvalue weighted by atomic mass is 10.1. The van der Waals surface area contributed by atoms with Crippen molar-refractivity contribution in [2.45, 2.75) is 20.0 Å². The first-order valence-corrected chi connectivity index (χ1v) is 10.6. The molecule has 150 valence electrons. The molecular formula is C24H20N2O3S. The number of ether oxygens (including phenoxy) is 2. The molecule has 0 bridgehead atoms. The lowest BCUT2D eigenvalue weighted by Crippen LogP contribution is -2.44. The van der Waals surface area contributed by atoms with E-state index in [-0.39, 0.29) is 12.5 Å². The summed E-state index contributed by atoms with van der Waals surface area (Å²) in [4.78, 5) is 20.1. The fourth-order valence-corrected chi connectivity index (χ4v) is 4.43. The third-order valence-electron chi connectivity index (χ3n) is 5.23. The van der Waals surface area contributed by atoms with Crippen LogP contribution in [0.2, 0.25) is 0 Å². The smallest absolute Gasteiger partial charge is 0.278 e. The Bertz CT molecular complexity index is 1220. The van der Waals surface area contributed by atoms with Crippen LogP contribution in [0.1, 0.15) is 11.1 Å². The summed E-state index contributed by atoms with van der Waals surface area (Å²) >= 11 is 1.49. The zero-order valence-electron chi connectivity index (χ0n) is 16.7. The van der Waals surface area contributed by atoms with E-state index in [0.717, 1.165) is 21.5 Å². The Balaban J connectivity index is 1.57. The van der Waals surface area contributed by atoms with Crippen molar-refractivity contribution in [1.29, 1.82) is 0 Å². The minimum absolute atomic E-state index is 0.155. The Kier molecular flexibility index (Phi) is 4.64. The summed E-state index contributed by atoms with van der Waals surface area (Å²) in [5.74, 6) is 1.03. The van der Waals surface area contributed by atoms with Crippen molar-refractivity contribution in [1.82, 2.24) is 4.98 Å². The first-order chi connectivity index (χ1) is 14.6. The molecule has 3 aromatic carbocycles. The van der Waals surface area contributed by atoms with E-state index in [2.05, 4.69) is 6.92 Å². The number of benzene rings is 3. The molecule has 0 spiro atoms. The van der Waals surface area contributed by atoms with Crippen LogP contribution in [0.3, 0.4) is 0 Å². The third-order valence-corrected chi connectivity index (χ3v) is 6.25. The number of rotatable bonds is 3. The standard InChI is InChI=1S/C24H20N2O3S/c1-15-11-12-17(13-16(15)2)26(24-25-18-7-3-6-10-22(18)30-24)23(27)21-14-28-19-8-4-5-9-20(19)29-21/h3-13,21H,14H2,1-2H3/t21-/m1/s1. The Hall–Kier alpha value is -3.38. The van der Waals surface area contributed by atoms with E-state index >= 15 is 0 Å². The highest BCUT2D eigenvalue weighted by Crippen LogP contribution is 2.37. The maximum absolute atomic E-state index is 13.7.